The Morgan fingerprint density at radius 3 is 2.93 bits per heavy atom. The highest BCUT2D eigenvalue weighted by molar-refractivity contribution is 5.85. The summed E-state index contributed by atoms with van der Waals surface area (Å²) >= 11 is 0. The van der Waals surface area contributed by atoms with Gasteiger partial charge in [-0.3, -0.25) is 4.79 Å². The summed E-state index contributed by atoms with van der Waals surface area (Å²) in [7, 11) is 0. The minimum absolute atomic E-state index is 0.0675. The van der Waals surface area contributed by atoms with Gasteiger partial charge in [-0.1, -0.05) is 18.2 Å². The predicted octanol–water partition coefficient (Wildman–Crippen LogP) is 1.81. The molecular formula is C20H24N8O. The molecule has 150 valence electrons. The van der Waals surface area contributed by atoms with E-state index in [1.165, 1.54) is 6.33 Å². The van der Waals surface area contributed by atoms with Gasteiger partial charge in [0, 0.05) is 37.0 Å². The number of fused-ring (bicyclic) bond motifs is 1. The van der Waals surface area contributed by atoms with E-state index in [9.17, 15) is 4.79 Å². The van der Waals surface area contributed by atoms with E-state index in [0.717, 1.165) is 27.8 Å². The van der Waals surface area contributed by atoms with Gasteiger partial charge in [-0.15, -0.1) is 0 Å². The molecule has 9 heteroatoms. The Bertz CT molecular complexity index is 1050. The monoisotopic (exact) mass is 392 g/mol. The van der Waals surface area contributed by atoms with Crippen LogP contribution in [0.3, 0.4) is 0 Å². The molecule has 1 aliphatic heterocycles. The first kappa shape index (κ1) is 18.9. The van der Waals surface area contributed by atoms with Crippen molar-refractivity contribution < 1.29 is 4.79 Å². The van der Waals surface area contributed by atoms with Crippen LogP contribution in [0.15, 0.2) is 30.6 Å². The maximum absolute atomic E-state index is 11.8. The molecule has 1 fully saturated rings. The highest BCUT2D eigenvalue weighted by atomic mass is 16.1. The first-order valence-electron chi connectivity index (χ1n) is 9.64. The van der Waals surface area contributed by atoms with Crippen LogP contribution in [-0.2, 0) is 4.79 Å². The van der Waals surface area contributed by atoms with Gasteiger partial charge in [0.05, 0.1) is 11.6 Å². The molecule has 1 saturated heterocycles. The Morgan fingerprint density at radius 1 is 1.24 bits per heavy atom. The topological polar surface area (TPSA) is 122 Å². The van der Waals surface area contributed by atoms with Crippen molar-refractivity contribution in [1.82, 2.24) is 25.3 Å². The predicted molar refractivity (Wildman–Crippen MR) is 113 cm³/mol. The average molecular weight is 392 g/mol. The van der Waals surface area contributed by atoms with Crippen molar-refractivity contribution in [2.45, 2.75) is 26.3 Å². The van der Waals surface area contributed by atoms with Gasteiger partial charge in [-0.05, 0) is 25.5 Å². The zero-order valence-electron chi connectivity index (χ0n) is 16.5. The molecule has 4 N–H and O–H groups in total. The van der Waals surface area contributed by atoms with E-state index < -0.39 is 0 Å². The molecule has 4 rings (SSSR count). The highest BCUT2D eigenvalue weighted by Gasteiger charge is 2.22. The van der Waals surface area contributed by atoms with E-state index in [1.54, 1.807) is 0 Å². The van der Waals surface area contributed by atoms with Crippen LogP contribution < -0.4 is 21.3 Å². The summed E-state index contributed by atoms with van der Waals surface area (Å²) in [4.78, 5) is 31.1. The lowest BCUT2D eigenvalue weighted by molar-refractivity contribution is -0.120. The van der Waals surface area contributed by atoms with Gasteiger partial charge in [0.1, 0.15) is 12.1 Å². The van der Waals surface area contributed by atoms with Crippen molar-refractivity contribution in [1.29, 1.82) is 0 Å². The van der Waals surface area contributed by atoms with Gasteiger partial charge in [-0.2, -0.15) is 4.98 Å². The van der Waals surface area contributed by atoms with Crippen LogP contribution in [0, 0.1) is 6.92 Å². The minimum Gasteiger partial charge on any atom is -0.368 e. The number of benzene rings is 1. The zero-order valence-corrected chi connectivity index (χ0v) is 16.5. The Kier molecular flexibility index (Phi) is 5.11. The molecule has 29 heavy (non-hydrogen) atoms. The van der Waals surface area contributed by atoms with Crippen molar-refractivity contribution in [3.05, 3.63) is 41.7 Å². The maximum atomic E-state index is 11.8. The van der Waals surface area contributed by atoms with Crippen molar-refractivity contribution in [3.8, 4) is 0 Å². The molecule has 0 aliphatic carbocycles. The fourth-order valence-corrected chi connectivity index (χ4v) is 3.55. The van der Waals surface area contributed by atoms with Crippen molar-refractivity contribution in [3.63, 3.8) is 0 Å². The lowest BCUT2D eigenvalue weighted by Gasteiger charge is -2.27. The van der Waals surface area contributed by atoms with Crippen LogP contribution in [0.1, 0.15) is 30.5 Å². The standard InChI is InChI=1S/C20H24N8O/c1-12-4-3-5-14-10-15(13(2)25-20-24-11-23-19(21)27-20)18(26-17(12)14)28-8-6-16(29)22-7-9-28/h3-5,10-11,13H,6-9H2,1-2H3,(H,22,29)(H3,21,23,24,25,27)/t13-/m0/s1. The number of para-hydroxylation sites is 1. The minimum atomic E-state index is -0.129. The van der Waals surface area contributed by atoms with Crippen LogP contribution >= 0.6 is 0 Å². The molecule has 0 spiro atoms. The molecule has 1 aliphatic rings. The summed E-state index contributed by atoms with van der Waals surface area (Å²) < 4.78 is 0. The maximum Gasteiger partial charge on any atom is 0.227 e. The van der Waals surface area contributed by atoms with E-state index in [2.05, 4.69) is 55.6 Å². The normalized spacial score (nSPS) is 15.7. The number of carbonyl (C=O) groups excluding carboxylic acids is 1. The molecule has 3 heterocycles. The van der Waals surface area contributed by atoms with Gasteiger partial charge in [0.2, 0.25) is 17.8 Å². The summed E-state index contributed by atoms with van der Waals surface area (Å²) in [6.07, 6.45) is 1.82. The fraction of sp³-hybridized carbons (Fsp3) is 0.350. The Hall–Kier alpha value is -3.49. The highest BCUT2D eigenvalue weighted by Crippen LogP contribution is 2.31. The summed E-state index contributed by atoms with van der Waals surface area (Å²) in [5, 5.41) is 7.28. The average Bonchev–Trinajstić information content (AvgIpc) is 2.92. The molecule has 0 bridgehead atoms. The zero-order chi connectivity index (χ0) is 20.4. The van der Waals surface area contributed by atoms with E-state index in [1.807, 2.05) is 13.0 Å². The van der Waals surface area contributed by atoms with E-state index >= 15 is 0 Å². The Morgan fingerprint density at radius 2 is 2.10 bits per heavy atom. The molecule has 0 unspecified atom stereocenters. The lowest BCUT2D eigenvalue weighted by Crippen LogP contribution is -2.30. The van der Waals surface area contributed by atoms with E-state index in [4.69, 9.17) is 10.7 Å². The molecule has 1 aromatic carbocycles. The van der Waals surface area contributed by atoms with Gasteiger partial charge < -0.3 is 21.3 Å². The SMILES string of the molecule is Cc1cccc2cc([C@H](C)Nc3ncnc(N)n3)c(N3CCNC(=O)CC3)nc12. The molecule has 2 aromatic heterocycles. The molecule has 9 nitrogen and oxygen atoms in total. The lowest BCUT2D eigenvalue weighted by atomic mass is 10.0. The molecule has 0 radical (unpaired) electrons. The number of nitrogens with two attached hydrogens (primary N) is 1. The second-order valence-electron chi connectivity index (χ2n) is 7.17. The number of anilines is 3. The second kappa shape index (κ2) is 7.86. The smallest absolute Gasteiger partial charge is 0.227 e. The number of hydrogen-bond acceptors (Lipinski definition) is 8. The van der Waals surface area contributed by atoms with E-state index in [-0.39, 0.29) is 17.9 Å². The first-order chi connectivity index (χ1) is 14.0. The van der Waals surface area contributed by atoms with Crippen LogP contribution in [0.2, 0.25) is 0 Å². The third kappa shape index (κ3) is 4.03. The van der Waals surface area contributed by atoms with Crippen LogP contribution in [-0.4, -0.2) is 45.5 Å². The van der Waals surface area contributed by atoms with Gasteiger partial charge in [0.25, 0.3) is 0 Å². The third-order valence-corrected chi connectivity index (χ3v) is 5.07. The number of nitrogens with one attached hydrogen (secondary N) is 2. The number of aryl methyl sites for hydroxylation is 1. The van der Waals surface area contributed by atoms with Crippen LogP contribution in [0.25, 0.3) is 10.9 Å². The number of amides is 1. The fourth-order valence-electron chi connectivity index (χ4n) is 3.55. The largest absolute Gasteiger partial charge is 0.368 e. The number of pyridine rings is 1. The van der Waals surface area contributed by atoms with Gasteiger partial charge in [-0.25, -0.2) is 15.0 Å². The van der Waals surface area contributed by atoms with Crippen molar-refractivity contribution in [2.24, 2.45) is 0 Å². The number of aromatic nitrogens is 4. The van der Waals surface area contributed by atoms with E-state index in [0.29, 0.717) is 32.0 Å². The number of nitrogens with zero attached hydrogens (tertiary/aromatic N) is 5. The number of rotatable bonds is 4. The van der Waals surface area contributed by atoms with Gasteiger partial charge in [0.15, 0.2) is 0 Å². The summed E-state index contributed by atoms with van der Waals surface area (Å²) in [6, 6.07) is 8.16. The van der Waals surface area contributed by atoms with Crippen LogP contribution in [0.4, 0.5) is 17.7 Å². The molecular weight excluding hydrogens is 368 g/mol. The molecule has 1 atom stereocenters. The second-order valence-corrected chi connectivity index (χ2v) is 7.17. The first-order valence-corrected chi connectivity index (χ1v) is 9.64. The summed E-state index contributed by atoms with van der Waals surface area (Å²) in [5.41, 5.74) is 8.77. The number of nitrogen functional groups attached to an aromatic ring is 1. The Labute approximate surface area is 168 Å². The summed E-state index contributed by atoms with van der Waals surface area (Å²) in [5.74, 6) is 1.51. The van der Waals surface area contributed by atoms with Crippen molar-refractivity contribution in [2.75, 3.05) is 35.6 Å². The Balaban J connectivity index is 1.76. The number of hydrogen-bond donors (Lipinski definition) is 3. The molecule has 0 saturated carbocycles. The van der Waals surface area contributed by atoms with Crippen molar-refractivity contribution >= 4 is 34.5 Å². The quantitative estimate of drug-likeness (QED) is 0.614. The molecule has 1 amide bonds. The van der Waals surface area contributed by atoms with Gasteiger partial charge >= 0.3 is 0 Å². The third-order valence-electron chi connectivity index (χ3n) is 5.07. The summed E-state index contributed by atoms with van der Waals surface area (Å²) in [6.45, 7) is 6.01. The number of carbonyl (C=O) groups is 1. The molecule has 3 aromatic rings. The van der Waals surface area contributed by atoms with Crippen LogP contribution in [0.5, 0.6) is 0 Å².